The quantitative estimate of drug-likeness (QED) is 0.162. The fourth-order valence-corrected chi connectivity index (χ4v) is 10.4. The van der Waals surface area contributed by atoms with Gasteiger partial charge in [-0.05, 0) is 125 Å². The molecular weight excluding hydrogens is 747 g/mol. The highest BCUT2D eigenvalue weighted by atomic mass is 15.2. The highest BCUT2D eigenvalue weighted by molar-refractivity contribution is 5.99. The van der Waals surface area contributed by atoms with Gasteiger partial charge in [0, 0.05) is 5.69 Å². The first-order chi connectivity index (χ1) is 30.8. The van der Waals surface area contributed by atoms with E-state index >= 15 is 0 Å². The Morgan fingerprint density at radius 1 is 0.226 bits per heavy atom. The minimum Gasteiger partial charge on any atom is -0.310 e. The lowest BCUT2D eigenvalue weighted by atomic mass is 9.64. The van der Waals surface area contributed by atoms with Crippen LogP contribution in [0, 0.1) is 0 Å². The van der Waals surface area contributed by atoms with E-state index in [-0.39, 0.29) is 0 Å². The molecule has 0 bridgehead atoms. The molecule has 12 rings (SSSR count). The maximum atomic E-state index is 2.51. The first-order valence-electron chi connectivity index (χ1n) is 21.5. The van der Waals surface area contributed by atoms with Crippen LogP contribution in [0.1, 0.15) is 22.3 Å². The Hall–Kier alpha value is -8.00. The minimum absolute atomic E-state index is 0.617. The lowest BCUT2D eigenvalue weighted by molar-refractivity contribution is 0.753. The van der Waals surface area contributed by atoms with E-state index in [1.807, 2.05) is 0 Å². The van der Waals surface area contributed by atoms with Gasteiger partial charge in [0.2, 0.25) is 0 Å². The van der Waals surface area contributed by atoms with Crippen molar-refractivity contribution in [1.82, 2.24) is 0 Å². The number of rotatable bonds is 6. The molecule has 0 unspecified atom stereocenters. The van der Waals surface area contributed by atoms with E-state index in [1.165, 1.54) is 100 Å². The van der Waals surface area contributed by atoms with Gasteiger partial charge in [0.05, 0.1) is 16.8 Å². The van der Waals surface area contributed by atoms with E-state index < -0.39 is 5.41 Å². The second-order valence-electron chi connectivity index (χ2n) is 16.4. The Bertz CT molecular complexity index is 3090. The highest BCUT2D eigenvalue weighted by Crippen LogP contribution is 2.64. The Balaban J connectivity index is 1.17. The van der Waals surface area contributed by atoms with E-state index in [1.54, 1.807) is 0 Å². The first-order valence-corrected chi connectivity index (χ1v) is 21.5. The van der Waals surface area contributed by atoms with Crippen LogP contribution in [0.5, 0.6) is 0 Å². The summed E-state index contributed by atoms with van der Waals surface area (Å²) in [7, 11) is 0. The molecule has 0 radical (unpaired) electrons. The molecule has 0 fully saturated rings. The molecule has 0 aromatic heterocycles. The van der Waals surface area contributed by atoms with E-state index in [2.05, 4.69) is 254 Å². The van der Waals surface area contributed by atoms with Crippen LogP contribution in [-0.4, -0.2) is 0 Å². The van der Waals surface area contributed by atoms with Crippen molar-refractivity contribution < 1.29 is 0 Å². The molecule has 0 atom stereocenters. The number of nitrogens with zero attached hydrogens (tertiary/aromatic N) is 1. The van der Waals surface area contributed by atoms with Crippen molar-refractivity contribution in [2.75, 3.05) is 4.90 Å². The van der Waals surface area contributed by atoms with Crippen LogP contribution in [0.15, 0.2) is 249 Å². The van der Waals surface area contributed by atoms with E-state index in [0.717, 1.165) is 5.69 Å². The summed E-state index contributed by atoms with van der Waals surface area (Å²) in [5.74, 6) is 0. The molecule has 1 spiro atoms. The topological polar surface area (TPSA) is 3.24 Å². The van der Waals surface area contributed by atoms with Gasteiger partial charge in [-0.1, -0.05) is 212 Å². The predicted molar refractivity (Wildman–Crippen MR) is 259 cm³/mol. The molecule has 0 amide bonds. The predicted octanol–water partition coefficient (Wildman–Crippen LogP) is 16.2. The molecule has 0 N–H and O–H groups in total. The van der Waals surface area contributed by atoms with Gasteiger partial charge in [-0.25, -0.2) is 0 Å². The van der Waals surface area contributed by atoms with Gasteiger partial charge >= 0.3 is 0 Å². The van der Waals surface area contributed by atoms with Crippen molar-refractivity contribution in [1.29, 1.82) is 0 Å². The molecule has 10 aromatic carbocycles. The van der Waals surface area contributed by atoms with Gasteiger partial charge < -0.3 is 4.90 Å². The molecule has 1 nitrogen and oxygen atoms in total. The van der Waals surface area contributed by atoms with Crippen molar-refractivity contribution in [3.63, 3.8) is 0 Å². The third kappa shape index (κ3) is 5.56. The number of fused-ring (bicyclic) bond motifs is 9. The van der Waals surface area contributed by atoms with Crippen molar-refractivity contribution in [2.45, 2.75) is 5.41 Å². The zero-order chi connectivity index (χ0) is 41.0. The third-order valence-electron chi connectivity index (χ3n) is 13.1. The van der Waals surface area contributed by atoms with Gasteiger partial charge in [0.15, 0.2) is 0 Å². The summed E-state index contributed by atoms with van der Waals surface area (Å²) < 4.78 is 0. The highest BCUT2D eigenvalue weighted by Gasteiger charge is 2.52. The van der Waals surface area contributed by atoms with Crippen molar-refractivity contribution >= 4 is 17.1 Å². The zero-order valence-corrected chi connectivity index (χ0v) is 34.1. The molecule has 0 saturated heterocycles. The molecule has 2 aliphatic rings. The fourth-order valence-electron chi connectivity index (χ4n) is 10.4. The second kappa shape index (κ2) is 14.6. The summed E-state index contributed by atoms with van der Waals surface area (Å²) in [6.07, 6.45) is 0. The molecule has 10 aromatic rings. The Morgan fingerprint density at radius 3 is 0.984 bits per heavy atom. The SMILES string of the molecule is c1ccc(-c2ccc(N3c4ccc(-c5ccccc5-c5ccccc5)cc4C4(c5ccccc5-c5ccccc54)c4cc(-c5ccccc5-c5ccccc5)ccc43)cc2)cc1. The summed E-state index contributed by atoms with van der Waals surface area (Å²) >= 11 is 0. The summed E-state index contributed by atoms with van der Waals surface area (Å²) in [5, 5.41) is 0. The summed E-state index contributed by atoms with van der Waals surface area (Å²) in [6, 6.07) is 91.8. The largest absolute Gasteiger partial charge is 0.310 e. The summed E-state index contributed by atoms with van der Waals surface area (Å²) in [4.78, 5) is 2.51. The standard InChI is InChI=1S/C61H41N/c1-4-18-42(19-5-1)43-32-36-48(37-33-43)62-59-38-34-46(51-26-12-10-24-49(51)44-20-6-2-7-21-44)40-57(59)61(55-30-16-14-28-53(55)54-29-15-17-31-56(54)61)58-41-47(35-39-60(58)62)52-27-13-11-25-50(52)45-22-8-3-9-23-45/h1-41H. The molecule has 1 heterocycles. The second-order valence-corrected chi connectivity index (χ2v) is 16.4. The molecule has 62 heavy (non-hydrogen) atoms. The maximum absolute atomic E-state index is 2.51. The monoisotopic (exact) mass is 787 g/mol. The first kappa shape index (κ1) is 35.9. The summed E-state index contributed by atoms with van der Waals surface area (Å²) in [5.41, 5.74) is 22.7. The van der Waals surface area contributed by atoms with E-state index in [4.69, 9.17) is 0 Å². The third-order valence-corrected chi connectivity index (χ3v) is 13.1. The number of benzene rings is 10. The van der Waals surface area contributed by atoms with Crippen LogP contribution in [-0.2, 0) is 5.41 Å². The number of hydrogen-bond donors (Lipinski definition) is 0. The van der Waals surface area contributed by atoms with Crippen LogP contribution in [0.2, 0.25) is 0 Å². The van der Waals surface area contributed by atoms with Gasteiger partial charge in [-0.15, -0.1) is 0 Å². The van der Waals surface area contributed by atoms with Crippen LogP contribution in [0.25, 0.3) is 66.8 Å². The van der Waals surface area contributed by atoms with E-state index in [0.29, 0.717) is 0 Å². The fraction of sp³-hybridized carbons (Fsp3) is 0.0164. The normalized spacial score (nSPS) is 12.9. The van der Waals surface area contributed by atoms with Crippen molar-refractivity contribution in [3.05, 3.63) is 271 Å². The molecule has 0 saturated carbocycles. The molecule has 1 aliphatic heterocycles. The smallest absolute Gasteiger partial charge is 0.0754 e. The maximum Gasteiger partial charge on any atom is 0.0754 e. The molecular formula is C61H41N. The van der Waals surface area contributed by atoms with Crippen molar-refractivity contribution in [3.8, 4) is 66.8 Å². The number of anilines is 3. The lowest BCUT2D eigenvalue weighted by Crippen LogP contribution is -2.36. The van der Waals surface area contributed by atoms with Gasteiger partial charge in [0.25, 0.3) is 0 Å². The van der Waals surface area contributed by atoms with Crippen LogP contribution < -0.4 is 4.90 Å². The zero-order valence-electron chi connectivity index (χ0n) is 34.1. The molecule has 290 valence electrons. The average molecular weight is 788 g/mol. The average Bonchev–Trinajstić information content (AvgIpc) is 3.65. The lowest BCUT2D eigenvalue weighted by Gasteiger charge is -2.45. The molecule has 1 heteroatoms. The van der Waals surface area contributed by atoms with Crippen LogP contribution in [0.4, 0.5) is 17.1 Å². The summed E-state index contributed by atoms with van der Waals surface area (Å²) in [6.45, 7) is 0. The molecule has 1 aliphatic carbocycles. The van der Waals surface area contributed by atoms with E-state index in [9.17, 15) is 0 Å². The van der Waals surface area contributed by atoms with Gasteiger partial charge in [-0.2, -0.15) is 0 Å². The van der Waals surface area contributed by atoms with Gasteiger partial charge in [0.1, 0.15) is 0 Å². The Morgan fingerprint density at radius 2 is 0.548 bits per heavy atom. The van der Waals surface area contributed by atoms with Crippen molar-refractivity contribution in [2.24, 2.45) is 0 Å². The van der Waals surface area contributed by atoms with Crippen LogP contribution in [0.3, 0.4) is 0 Å². The number of hydrogen-bond acceptors (Lipinski definition) is 1. The van der Waals surface area contributed by atoms with Gasteiger partial charge in [-0.3, -0.25) is 0 Å². The Kier molecular flexibility index (Phi) is 8.47. The Labute approximate surface area is 363 Å². The minimum atomic E-state index is -0.617. The van der Waals surface area contributed by atoms with Crippen LogP contribution >= 0.6 is 0 Å².